The van der Waals surface area contributed by atoms with Crippen LogP contribution in [0.25, 0.3) is 0 Å². The van der Waals surface area contributed by atoms with Crippen molar-refractivity contribution in [3.05, 3.63) is 35.4 Å². The first-order valence-electron chi connectivity index (χ1n) is 7.91. The normalized spacial score (nSPS) is 37.6. The van der Waals surface area contributed by atoms with E-state index in [0.29, 0.717) is 11.8 Å². The van der Waals surface area contributed by atoms with Crippen molar-refractivity contribution in [1.82, 2.24) is 5.32 Å². The smallest absolute Gasteiger partial charge is 0.221 e. The number of fused-ring (bicyclic) bond motifs is 1. The van der Waals surface area contributed by atoms with Crippen LogP contribution in [0.15, 0.2) is 24.3 Å². The second-order valence-electron chi connectivity index (χ2n) is 7.54. The second-order valence-corrected chi connectivity index (χ2v) is 7.54. The lowest BCUT2D eigenvalue weighted by molar-refractivity contribution is -0.120. The molecular formula is C18H23NO. The molecule has 0 aromatic heterocycles. The van der Waals surface area contributed by atoms with E-state index in [1.807, 2.05) is 0 Å². The van der Waals surface area contributed by atoms with Gasteiger partial charge in [-0.15, -0.1) is 0 Å². The summed E-state index contributed by atoms with van der Waals surface area (Å²) in [7, 11) is 0. The van der Waals surface area contributed by atoms with Crippen LogP contribution < -0.4 is 5.32 Å². The van der Waals surface area contributed by atoms with Gasteiger partial charge in [-0.25, -0.2) is 0 Å². The lowest BCUT2D eigenvalue weighted by Crippen LogP contribution is -2.52. The van der Waals surface area contributed by atoms with E-state index in [-0.39, 0.29) is 16.9 Å². The van der Waals surface area contributed by atoms with Gasteiger partial charge in [-0.05, 0) is 62.5 Å². The zero-order valence-electron chi connectivity index (χ0n) is 12.4. The maximum atomic E-state index is 12.1. The number of nitrogens with one attached hydrogen (secondary N) is 1. The average molecular weight is 269 g/mol. The van der Waals surface area contributed by atoms with Gasteiger partial charge in [-0.3, -0.25) is 4.79 Å². The summed E-state index contributed by atoms with van der Waals surface area (Å²) >= 11 is 0. The Balaban J connectivity index is 1.83. The number of hydrogen-bond acceptors (Lipinski definition) is 1. The predicted octanol–water partition coefficient (Wildman–Crippen LogP) is 3.10. The van der Waals surface area contributed by atoms with E-state index in [1.54, 1.807) is 0 Å². The average Bonchev–Trinajstić information content (AvgIpc) is 2.75. The Morgan fingerprint density at radius 1 is 1.05 bits per heavy atom. The van der Waals surface area contributed by atoms with Crippen LogP contribution in [0.2, 0.25) is 0 Å². The van der Waals surface area contributed by atoms with Crippen LogP contribution in [-0.4, -0.2) is 11.4 Å². The molecule has 4 rings (SSSR count). The van der Waals surface area contributed by atoms with Crippen LogP contribution >= 0.6 is 0 Å². The molecule has 2 unspecified atom stereocenters. The van der Waals surface area contributed by atoms with Gasteiger partial charge >= 0.3 is 0 Å². The highest BCUT2D eigenvalue weighted by atomic mass is 16.2. The number of carbonyl (C=O) groups is 1. The second kappa shape index (κ2) is 3.87. The Kier molecular flexibility index (Phi) is 2.40. The molecule has 2 atom stereocenters. The Morgan fingerprint density at radius 3 is 2.05 bits per heavy atom. The van der Waals surface area contributed by atoms with Crippen molar-refractivity contribution in [1.29, 1.82) is 0 Å². The molecule has 1 heterocycles. The van der Waals surface area contributed by atoms with E-state index < -0.39 is 0 Å². The van der Waals surface area contributed by atoms with Crippen LogP contribution in [0.5, 0.6) is 0 Å². The standard InChI is InChI=1S/C18H23NO/c1-17(2)18(11-16(20)19-17)14-7-8-15(18)10-13-6-4-3-5-12(13)9-14/h3-6,14-15H,7-11H2,1-2H3,(H,19,20). The third-order valence-electron chi connectivity index (χ3n) is 6.44. The largest absolute Gasteiger partial charge is 0.351 e. The summed E-state index contributed by atoms with van der Waals surface area (Å²) in [5, 5.41) is 3.27. The minimum atomic E-state index is -0.0576. The van der Waals surface area contributed by atoms with Crippen LogP contribution in [0.3, 0.4) is 0 Å². The van der Waals surface area contributed by atoms with E-state index >= 15 is 0 Å². The first-order valence-corrected chi connectivity index (χ1v) is 7.91. The fourth-order valence-electron chi connectivity index (χ4n) is 5.61. The molecule has 2 bridgehead atoms. The van der Waals surface area contributed by atoms with Gasteiger partial charge in [-0.1, -0.05) is 24.3 Å². The molecule has 1 spiro atoms. The highest BCUT2D eigenvalue weighted by Gasteiger charge is 2.63. The molecule has 3 aliphatic rings. The van der Waals surface area contributed by atoms with Gasteiger partial charge < -0.3 is 5.32 Å². The molecule has 1 aromatic rings. The molecule has 0 radical (unpaired) electrons. The van der Waals surface area contributed by atoms with Gasteiger partial charge in [0, 0.05) is 17.4 Å². The Bertz CT molecular complexity index is 542. The van der Waals surface area contributed by atoms with Crippen molar-refractivity contribution in [2.45, 2.75) is 51.5 Å². The third-order valence-corrected chi connectivity index (χ3v) is 6.44. The Labute approximate surface area is 121 Å². The number of benzene rings is 1. The van der Waals surface area contributed by atoms with E-state index in [2.05, 4.69) is 43.4 Å². The summed E-state index contributed by atoms with van der Waals surface area (Å²) in [6.07, 6.45) is 5.63. The van der Waals surface area contributed by atoms with Crippen LogP contribution in [0, 0.1) is 17.3 Å². The first kappa shape index (κ1) is 12.4. The predicted molar refractivity (Wildman–Crippen MR) is 79.3 cm³/mol. The monoisotopic (exact) mass is 269 g/mol. The van der Waals surface area contributed by atoms with Gasteiger partial charge in [0.05, 0.1) is 0 Å². The quantitative estimate of drug-likeness (QED) is 0.770. The molecule has 2 heteroatoms. The molecule has 1 amide bonds. The molecule has 2 nitrogen and oxygen atoms in total. The molecule has 20 heavy (non-hydrogen) atoms. The zero-order valence-corrected chi connectivity index (χ0v) is 12.4. The fourth-order valence-corrected chi connectivity index (χ4v) is 5.61. The molecular weight excluding hydrogens is 246 g/mol. The Hall–Kier alpha value is -1.31. The summed E-state index contributed by atoms with van der Waals surface area (Å²) in [5.41, 5.74) is 3.16. The van der Waals surface area contributed by atoms with Gasteiger partial charge in [0.25, 0.3) is 0 Å². The summed E-state index contributed by atoms with van der Waals surface area (Å²) in [6, 6.07) is 8.91. The minimum Gasteiger partial charge on any atom is -0.351 e. The number of hydrogen-bond donors (Lipinski definition) is 1. The number of rotatable bonds is 0. The highest BCUT2D eigenvalue weighted by molar-refractivity contribution is 5.81. The Morgan fingerprint density at radius 2 is 1.60 bits per heavy atom. The lowest BCUT2D eigenvalue weighted by atomic mass is 9.60. The van der Waals surface area contributed by atoms with Crippen LogP contribution in [0.1, 0.15) is 44.2 Å². The van der Waals surface area contributed by atoms with Crippen molar-refractivity contribution in [2.75, 3.05) is 0 Å². The summed E-state index contributed by atoms with van der Waals surface area (Å²) in [4.78, 5) is 12.1. The van der Waals surface area contributed by atoms with Gasteiger partial charge in [0.15, 0.2) is 0 Å². The molecule has 1 aromatic carbocycles. The third kappa shape index (κ3) is 1.43. The molecule has 106 valence electrons. The fraction of sp³-hybridized carbons (Fsp3) is 0.611. The number of amides is 1. The molecule has 2 fully saturated rings. The van der Waals surface area contributed by atoms with Crippen molar-refractivity contribution in [2.24, 2.45) is 17.3 Å². The van der Waals surface area contributed by atoms with Gasteiger partial charge in [0.2, 0.25) is 5.91 Å². The van der Waals surface area contributed by atoms with E-state index in [1.165, 1.54) is 24.0 Å². The first-order chi connectivity index (χ1) is 9.53. The molecule has 1 aliphatic heterocycles. The van der Waals surface area contributed by atoms with E-state index in [0.717, 1.165) is 19.3 Å². The molecule has 2 aliphatic carbocycles. The minimum absolute atomic E-state index is 0.0576. The zero-order chi connectivity index (χ0) is 14.0. The van der Waals surface area contributed by atoms with Gasteiger partial charge in [0.1, 0.15) is 0 Å². The van der Waals surface area contributed by atoms with Crippen LogP contribution in [-0.2, 0) is 17.6 Å². The summed E-state index contributed by atoms with van der Waals surface area (Å²) in [6.45, 7) is 4.50. The molecule has 1 saturated carbocycles. The molecule has 1 saturated heterocycles. The summed E-state index contributed by atoms with van der Waals surface area (Å²) in [5.74, 6) is 1.58. The van der Waals surface area contributed by atoms with Crippen molar-refractivity contribution in [3.8, 4) is 0 Å². The van der Waals surface area contributed by atoms with Gasteiger partial charge in [-0.2, -0.15) is 0 Å². The van der Waals surface area contributed by atoms with Crippen molar-refractivity contribution >= 4 is 5.91 Å². The SMILES string of the molecule is CC1(C)NC(=O)CC12C1CCC2Cc2ccccc2C1. The maximum Gasteiger partial charge on any atom is 0.221 e. The van der Waals surface area contributed by atoms with E-state index in [4.69, 9.17) is 0 Å². The van der Waals surface area contributed by atoms with Crippen molar-refractivity contribution in [3.63, 3.8) is 0 Å². The lowest BCUT2D eigenvalue weighted by Gasteiger charge is -2.45. The van der Waals surface area contributed by atoms with E-state index in [9.17, 15) is 4.79 Å². The van der Waals surface area contributed by atoms with Crippen LogP contribution in [0.4, 0.5) is 0 Å². The maximum absolute atomic E-state index is 12.1. The highest BCUT2D eigenvalue weighted by Crippen LogP contribution is 2.62. The molecule has 1 N–H and O–H groups in total. The summed E-state index contributed by atoms with van der Waals surface area (Å²) < 4.78 is 0. The number of carbonyl (C=O) groups excluding carboxylic acids is 1. The topological polar surface area (TPSA) is 29.1 Å². The van der Waals surface area contributed by atoms with Crippen molar-refractivity contribution < 1.29 is 4.79 Å².